The molecule has 0 saturated heterocycles. The fraction of sp³-hybridized carbons (Fsp3) is 0. The molecule has 0 aliphatic heterocycles. The molecular formula is C5H3BBrF3KN. The third-order valence-electron chi connectivity index (χ3n) is 1.09. The first kappa shape index (κ1) is 13.1. The van der Waals surface area contributed by atoms with Gasteiger partial charge in [-0.3, -0.25) is 4.98 Å². The van der Waals surface area contributed by atoms with Gasteiger partial charge in [0.15, 0.2) is 0 Å². The second-order valence-electron chi connectivity index (χ2n) is 1.98. The smallest absolute Gasteiger partial charge is 0.444 e. The summed E-state index contributed by atoms with van der Waals surface area (Å²) in [6, 6.07) is 2.27. The Morgan fingerprint density at radius 3 is 2.17 bits per heavy atom. The molecule has 0 aliphatic carbocycles. The topological polar surface area (TPSA) is 12.9 Å². The third-order valence-corrected chi connectivity index (χ3v) is 1.55. The van der Waals surface area contributed by atoms with E-state index < -0.39 is 12.6 Å². The zero-order chi connectivity index (χ0) is 8.48. The molecule has 1 rings (SSSR count). The number of hydrogen-bond acceptors (Lipinski definition) is 1. The Balaban J connectivity index is 0.00000121. The van der Waals surface area contributed by atoms with E-state index in [9.17, 15) is 12.9 Å². The summed E-state index contributed by atoms with van der Waals surface area (Å²) in [5.41, 5.74) is -0.812. The maximum absolute atomic E-state index is 11.9. The molecule has 1 heterocycles. The van der Waals surface area contributed by atoms with Crippen LogP contribution in [0, 0.1) is 0 Å². The van der Waals surface area contributed by atoms with Crippen molar-refractivity contribution < 1.29 is 64.3 Å². The molecule has 0 atom stereocenters. The Morgan fingerprint density at radius 2 is 1.83 bits per heavy atom. The van der Waals surface area contributed by atoms with Crippen molar-refractivity contribution in [3.05, 3.63) is 22.8 Å². The third kappa shape index (κ3) is 3.89. The van der Waals surface area contributed by atoms with Gasteiger partial charge < -0.3 is 12.9 Å². The molecule has 1 aromatic rings. The molecule has 12 heavy (non-hydrogen) atoms. The van der Waals surface area contributed by atoms with E-state index in [1.165, 1.54) is 6.07 Å². The second kappa shape index (κ2) is 5.11. The van der Waals surface area contributed by atoms with Gasteiger partial charge in [0.1, 0.15) is 0 Å². The molecule has 7 heteroatoms. The van der Waals surface area contributed by atoms with E-state index in [-0.39, 0.29) is 51.4 Å². The minimum Gasteiger partial charge on any atom is -0.444 e. The van der Waals surface area contributed by atoms with Gasteiger partial charge in [-0.1, -0.05) is 6.07 Å². The zero-order valence-corrected chi connectivity index (χ0v) is 11.0. The minimum absolute atomic E-state index is 0. The molecule has 0 fully saturated rings. The van der Waals surface area contributed by atoms with Crippen molar-refractivity contribution in [3.8, 4) is 0 Å². The van der Waals surface area contributed by atoms with E-state index in [2.05, 4.69) is 20.9 Å². The van der Waals surface area contributed by atoms with Gasteiger partial charge >= 0.3 is 58.4 Å². The number of pyridine rings is 1. The molecule has 0 aliphatic rings. The summed E-state index contributed by atoms with van der Waals surface area (Å²) in [6.07, 6.45) is 1.13. The van der Waals surface area contributed by atoms with Crippen molar-refractivity contribution in [1.82, 2.24) is 4.98 Å². The average molecular weight is 264 g/mol. The van der Waals surface area contributed by atoms with Crippen LogP contribution in [-0.4, -0.2) is 12.0 Å². The quantitative estimate of drug-likeness (QED) is 0.587. The predicted molar refractivity (Wildman–Crippen MR) is 40.6 cm³/mol. The first-order valence-electron chi connectivity index (χ1n) is 2.81. The summed E-state index contributed by atoms with van der Waals surface area (Å²) in [4.78, 5) is 3.21. The second-order valence-corrected chi connectivity index (χ2v) is 2.89. The summed E-state index contributed by atoms with van der Waals surface area (Å²) >= 11 is 2.99. The van der Waals surface area contributed by atoms with E-state index in [0.717, 1.165) is 12.3 Å². The van der Waals surface area contributed by atoms with Crippen LogP contribution in [0.2, 0.25) is 0 Å². The van der Waals surface area contributed by atoms with Gasteiger partial charge in [0, 0.05) is 10.7 Å². The van der Waals surface area contributed by atoms with Crippen molar-refractivity contribution in [2.75, 3.05) is 0 Å². The van der Waals surface area contributed by atoms with E-state index in [4.69, 9.17) is 0 Å². The summed E-state index contributed by atoms with van der Waals surface area (Å²) in [6.45, 7) is -4.95. The maximum atomic E-state index is 11.9. The molecule has 0 radical (unpaired) electrons. The summed E-state index contributed by atoms with van der Waals surface area (Å²) in [5.74, 6) is 0. The number of nitrogens with zero attached hydrogens (tertiary/aromatic N) is 1. The molecule has 0 amide bonds. The summed E-state index contributed by atoms with van der Waals surface area (Å²) in [5, 5.41) is 0. The zero-order valence-electron chi connectivity index (χ0n) is 6.27. The molecule has 0 unspecified atom stereocenters. The fourth-order valence-corrected chi connectivity index (χ4v) is 0.815. The van der Waals surface area contributed by atoms with Crippen LogP contribution in [0.3, 0.4) is 0 Å². The van der Waals surface area contributed by atoms with E-state index in [0.29, 0.717) is 4.47 Å². The van der Waals surface area contributed by atoms with Crippen LogP contribution in [0.1, 0.15) is 0 Å². The summed E-state index contributed by atoms with van der Waals surface area (Å²) < 4.78 is 36.3. The molecule has 60 valence electrons. The number of hydrogen-bond donors (Lipinski definition) is 0. The average Bonchev–Trinajstić information content (AvgIpc) is 1.86. The van der Waals surface area contributed by atoms with Gasteiger partial charge in [0.25, 0.3) is 0 Å². The molecule has 1 aromatic heterocycles. The molecule has 0 bridgehead atoms. The van der Waals surface area contributed by atoms with Crippen LogP contribution >= 0.6 is 15.9 Å². The van der Waals surface area contributed by atoms with Crippen LogP contribution in [0.5, 0.6) is 0 Å². The van der Waals surface area contributed by atoms with Crippen molar-refractivity contribution in [2.24, 2.45) is 0 Å². The van der Waals surface area contributed by atoms with Gasteiger partial charge in [0.2, 0.25) is 0 Å². The molecule has 0 saturated carbocycles. The number of rotatable bonds is 1. The monoisotopic (exact) mass is 263 g/mol. The van der Waals surface area contributed by atoms with Crippen molar-refractivity contribution >= 4 is 28.5 Å². The number of halogens is 4. The van der Waals surface area contributed by atoms with Gasteiger partial charge in [-0.2, -0.15) is 0 Å². The molecule has 1 nitrogen and oxygen atoms in total. The summed E-state index contributed by atoms with van der Waals surface area (Å²) in [7, 11) is 0. The molecule has 0 spiro atoms. The van der Waals surface area contributed by atoms with Crippen molar-refractivity contribution in [1.29, 1.82) is 0 Å². The Morgan fingerprint density at radius 1 is 1.25 bits per heavy atom. The van der Waals surface area contributed by atoms with Crippen LogP contribution in [0.15, 0.2) is 22.8 Å². The normalized spacial score (nSPS) is 10.7. The minimum atomic E-state index is -4.95. The Kier molecular flexibility index (Phi) is 5.59. The van der Waals surface area contributed by atoms with Crippen molar-refractivity contribution in [2.45, 2.75) is 0 Å². The van der Waals surface area contributed by atoms with Gasteiger partial charge in [-0.05, 0) is 27.6 Å². The Hall–Kier alpha value is 1.12. The standard InChI is InChI=1S/C5H3BBrF3N.K/c7-4-1-2-5(11-3-4)6(8,9)10;/h1-3H;/q-1;+1. The Labute approximate surface area is 119 Å². The van der Waals surface area contributed by atoms with Crippen LogP contribution in [0.4, 0.5) is 12.9 Å². The Bertz CT molecular complexity index is 250. The fourth-order valence-electron chi connectivity index (χ4n) is 0.581. The first-order valence-corrected chi connectivity index (χ1v) is 3.61. The molecule has 0 aromatic carbocycles. The van der Waals surface area contributed by atoms with E-state index in [1.54, 1.807) is 0 Å². The van der Waals surface area contributed by atoms with Crippen LogP contribution < -0.4 is 57.0 Å². The van der Waals surface area contributed by atoms with Gasteiger partial charge in [-0.15, -0.1) is 0 Å². The van der Waals surface area contributed by atoms with E-state index in [1.807, 2.05) is 0 Å². The van der Waals surface area contributed by atoms with Gasteiger partial charge in [-0.25, -0.2) is 0 Å². The van der Waals surface area contributed by atoms with Crippen molar-refractivity contribution in [3.63, 3.8) is 0 Å². The number of aromatic nitrogens is 1. The first-order chi connectivity index (χ1) is 5.00. The molecule has 0 N–H and O–H groups in total. The van der Waals surface area contributed by atoms with Gasteiger partial charge in [0.05, 0.1) is 0 Å². The predicted octanol–water partition coefficient (Wildman–Crippen LogP) is -1.10. The SMILES string of the molecule is F[B-](F)(F)c1ccc(Br)cn1.[K+]. The van der Waals surface area contributed by atoms with Crippen LogP contribution in [-0.2, 0) is 0 Å². The largest absolute Gasteiger partial charge is 1.00 e. The van der Waals surface area contributed by atoms with Crippen LogP contribution in [0.25, 0.3) is 0 Å². The maximum Gasteiger partial charge on any atom is 1.00 e. The van der Waals surface area contributed by atoms with E-state index >= 15 is 0 Å². The molecular weight excluding hydrogens is 261 g/mol.